The van der Waals surface area contributed by atoms with Crippen LogP contribution in [0.25, 0.3) is 0 Å². The lowest BCUT2D eigenvalue weighted by atomic mass is 10.2. The summed E-state index contributed by atoms with van der Waals surface area (Å²) in [5, 5.41) is -0.804. The second-order valence-corrected chi connectivity index (χ2v) is 3.98. The first-order valence-electron chi connectivity index (χ1n) is 3.13. The second-order valence-electron chi connectivity index (χ2n) is 2.33. The maximum Gasteiger partial charge on any atom is 0.0998 e. The van der Waals surface area contributed by atoms with Crippen molar-refractivity contribution in [2.75, 3.05) is 13.2 Å². The molecule has 60 valence electrons. The molecular weight excluding hydrogens is 156 g/mol. The molecule has 0 radical (unpaired) electrons. The van der Waals surface area contributed by atoms with Gasteiger partial charge >= 0.3 is 0 Å². The fourth-order valence-corrected chi connectivity index (χ4v) is 1.66. The Morgan fingerprint density at radius 1 is 1.50 bits per heavy atom. The topological polar surface area (TPSA) is 66.4 Å². The van der Waals surface area contributed by atoms with Crippen LogP contribution in [0.2, 0.25) is 0 Å². The number of hydrogen-bond acceptors (Lipinski definition) is 4. The Morgan fingerprint density at radius 2 is 2.20 bits per heavy atom. The van der Waals surface area contributed by atoms with E-state index in [1.165, 1.54) is 0 Å². The predicted octanol–water partition coefficient (Wildman–Crippen LogP) is -0.289. The summed E-state index contributed by atoms with van der Waals surface area (Å²) in [5.41, 5.74) is 0. The van der Waals surface area contributed by atoms with Gasteiger partial charge in [0, 0.05) is 6.61 Å². The van der Waals surface area contributed by atoms with Crippen molar-refractivity contribution in [1.29, 1.82) is 0 Å². The summed E-state index contributed by atoms with van der Waals surface area (Å²) in [6, 6.07) is 0. The van der Waals surface area contributed by atoms with Crippen LogP contribution < -0.4 is 0 Å². The first kappa shape index (κ1) is 7.97. The van der Waals surface area contributed by atoms with E-state index in [1.54, 1.807) is 0 Å². The molecule has 0 saturated carbocycles. The van der Waals surface area contributed by atoms with Crippen LogP contribution in [0.5, 0.6) is 0 Å². The molecule has 4 nitrogen and oxygen atoms in total. The highest BCUT2D eigenvalue weighted by atomic mass is 32.2. The Bertz CT molecular complexity index is 190. The molecule has 10 heavy (non-hydrogen) atoms. The van der Waals surface area contributed by atoms with Crippen molar-refractivity contribution in [2.24, 2.45) is 0 Å². The monoisotopic (exact) mass is 165 g/mol. The molecule has 1 saturated heterocycles. The third-order valence-corrected chi connectivity index (χ3v) is 2.72. The van der Waals surface area contributed by atoms with Crippen LogP contribution in [-0.2, 0) is 14.9 Å². The van der Waals surface area contributed by atoms with Crippen molar-refractivity contribution in [1.82, 2.24) is 0 Å². The van der Waals surface area contributed by atoms with Gasteiger partial charge in [0.15, 0.2) is 0 Å². The van der Waals surface area contributed by atoms with Gasteiger partial charge in [-0.05, 0) is 12.8 Å². The minimum Gasteiger partial charge on any atom is -0.748 e. The molecule has 1 atom stereocenters. The molecule has 0 aromatic heterocycles. The lowest BCUT2D eigenvalue weighted by Gasteiger charge is -2.24. The fraction of sp³-hybridized carbons (Fsp3) is 1.00. The lowest BCUT2D eigenvalue weighted by molar-refractivity contribution is 0.0968. The molecule has 1 aliphatic heterocycles. The molecule has 0 amide bonds. The standard InChI is InChI=1S/C5H10O4S/c6-10(7,8)5-2-1-3-9-4-5/h5H,1-4H2,(H,6,7,8)/p-1. The van der Waals surface area contributed by atoms with Crippen molar-refractivity contribution >= 4 is 10.1 Å². The lowest BCUT2D eigenvalue weighted by Crippen LogP contribution is -2.30. The van der Waals surface area contributed by atoms with E-state index in [9.17, 15) is 13.0 Å². The average molecular weight is 165 g/mol. The summed E-state index contributed by atoms with van der Waals surface area (Å²) >= 11 is 0. The van der Waals surface area contributed by atoms with E-state index in [0.717, 1.165) is 0 Å². The van der Waals surface area contributed by atoms with Gasteiger partial charge in [-0.15, -0.1) is 0 Å². The Morgan fingerprint density at radius 3 is 2.50 bits per heavy atom. The third kappa shape index (κ3) is 1.93. The number of rotatable bonds is 1. The van der Waals surface area contributed by atoms with E-state index < -0.39 is 15.4 Å². The third-order valence-electron chi connectivity index (χ3n) is 1.53. The zero-order chi connectivity index (χ0) is 7.61. The van der Waals surface area contributed by atoms with Crippen LogP contribution in [0.4, 0.5) is 0 Å². The number of hydrogen-bond donors (Lipinski definition) is 0. The zero-order valence-electron chi connectivity index (χ0n) is 5.45. The summed E-state index contributed by atoms with van der Waals surface area (Å²) in [6.07, 6.45) is 1.12. The summed E-state index contributed by atoms with van der Waals surface area (Å²) in [7, 11) is -4.10. The van der Waals surface area contributed by atoms with Gasteiger partial charge in [-0.2, -0.15) is 0 Å². The van der Waals surface area contributed by atoms with Gasteiger partial charge in [0.1, 0.15) is 0 Å². The fourth-order valence-electron chi connectivity index (χ4n) is 0.939. The van der Waals surface area contributed by atoms with Crippen molar-refractivity contribution in [3.63, 3.8) is 0 Å². The first-order chi connectivity index (χ1) is 4.61. The molecule has 1 rings (SSSR count). The van der Waals surface area contributed by atoms with E-state index in [0.29, 0.717) is 19.4 Å². The van der Waals surface area contributed by atoms with Gasteiger partial charge in [0.05, 0.1) is 22.0 Å². The van der Waals surface area contributed by atoms with Crippen molar-refractivity contribution in [3.05, 3.63) is 0 Å². The van der Waals surface area contributed by atoms with E-state index in [-0.39, 0.29) is 6.61 Å². The van der Waals surface area contributed by atoms with Gasteiger partial charge in [0.2, 0.25) is 0 Å². The summed E-state index contributed by atoms with van der Waals surface area (Å²) in [6.45, 7) is 0.651. The molecule has 1 heterocycles. The molecule has 0 aromatic rings. The summed E-state index contributed by atoms with van der Waals surface area (Å²) in [4.78, 5) is 0. The minimum atomic E-state index is -4.10. The van der Waals surface area contributed by atoms with Gasteiger partial charge in [-0.1, -0.05) is 0 Å². The van der Waals surface area contributed by atoms with Crippen LogP contribution in [0.15, 0.2) is 0 Å². The smallest absolute Gasteiger partial charge is 0.0998 e. The van der Waals surface area contributed by atoms with E-state index in [2.05, 4.69) is 0 Å². The Labute approximate surface area is 59.9 Å². The van der Waals surface area contributed by atoms with Gasteiger partial charge in [-0.3, -0.25) is 0 Å². The quantitative estimate of drug-likeness (QED) is 0.501. The molecule has 0 aromatic carbocycles. The first-order valence-corrected chi connectivity index (χ1v) is 4.60. The summed E-state index contributed by atoms with van der Waals surface area (Å²) < 4.78 is 35.9. The molecule has 5 heteroatoms. The van der Waals surface area contributed by atoms with Crippen molar-refractivity contribution < 1.29 is 17.7 Å². The predicted molar refractivity (Wildman–Crippen MR) is 33.5 cm³/mol. The van der Waals surface area contributed by atoms with Crippen molar-refractivity contribution in [3.8, 4) is 0 Å². The number of ether oxygens (including phenoxy) is 1. The van der Waals surface area contributed by atoms with Crippen LogP contribution in [0.1, 0.15) is 12.8 Å². The highest BCUT2D eigenvalue weighted by molar-refractivity contribution is 7.86. The van der Waals surface area contributed by atoms with Crippen molar-refractivity contribution in [2.45, 2.75) is 18.1 Å². The highest BCUT2D eigenvalue weighted by Crippen LogP contribution is 2.12. The molecule has 0 spiro atoms. The molecule has 1 fully saturated rings. The van der Waals surface area contributed by atoms with Gasteiger partial charge < -0.3 is 9.29 Å². The molecule has 0 bridgehead atoms. The second kappa shape index (κ2) is 2.86. The van der Waals surface area contributed by atoms with Crippen LogP contribution >= 0.6 is 0 Å². The Kier molecular flexibility index (Phi) is 2.28. The van der Waals surface area contributed by atoms with E-state index in [1.807, 2.05) is 0 Å². The molecule has 1 aliphatic rings. The Hall–Kier alpha value is -0.130. The average Bonchev–Trinajstić information content (AvgIpc) is 1.88. The minimum absolute atomic E-state index is 0.0752. The Balaban J connectivity index is 2.56. The van der Waals surface area contributed by atoms with Crippen LogP contribution in [0.3, 0.4) is 0 Å². The zero-order valence-corrected chi connectivity index (χ0v) is 6.26. The normalized spacial score (nSPS) is 28.3. The van der Waals surface area contributed by atoms with Crippen LogP contribution in [-0.4, -0.2) is 31.4 Å². The largest absolute Gasteiger partial charge is 0.748 e. The molecule has 0 aliphatic carbocycles. The van der Waals surface area contributed by atoms with E-state index >= 15 is 0 Å². The van der Waals surface area contributed by atoms with Gasteiger partial charge in [-0.25, -0.2) is 8.42 Å². The molecule has 0 N–H and O–H groups in total. The maximum absolute atomic E-state index is 10.4. The van der Waals surface area contributed by atoms with Gasteiger partial charge in [0.25, 0.3) is 0 Å². The molecular formula is C5H9O4S-. The highest BCUT2D eigenvalue weighted by Gasteiger charge is 2.19. The SMILES string of the molecule is O=S(=O)([O-])C1CCCOC1. The van der Waals surface area contributed by atoms with E-state index in [4.69, 9.17) is 4.74 Å². The maximum atomic E-state index is 10.4. The van der Waals surface area contributed by atoms with Crippen LogP contribution in [0, 0.1) is 0 Å². The summed E-state index contributed by atoms with van der Waals surface area (Å²) in [5.74, 6) is 0. The molecule has 1 unspecified atom stereocenters.